The van der Waals surface area contributed by atoms with Crippen molar-refractivity contribution in [2.75, 3.05) is 7.11 Å². The molecule has 1 amide bonds. The normalized spacial score (nSPS) is 10.5. The lowest BCUT2D eigenvalue weighted by Crippen LogP contribution is -2.21. The van der Waals surface area contributed by atoms with Crippen molar-refractivity contribution in [1.29, 1.82) is 0 Å². The molecule has 0 saturated carbocycles. The van der Waals surface area contributed by atoms with Gasteiger partial charge in [0.2, 0.25) is 5.91 Å². The number of aromatic nitrogens is 3. The van der Waals surface area contributed by atoms with Crippen LogP contribution >= 0.6 is 11.8 Å². The highest BCUT2D eigenvalue weighted by Gasteiger charge is 2.15. The highest BCUT2D eigenvalue weighted by atomic mass is 32.2. The number of rotatable bonds is 7. The third-order valence-electron chi connectivity index (χ3n) is 3.74. The Morgan fingerprint density at radius 2 is 1.85 bits per heavy atom. The van der Waals surface area contributed by atoms with E-state index in [-0.39, 0.29) is 5.91 Å². The predicted molar refractivity (Wildman–Crippen MR) is 101 cm³/mol. The number of thioether (sulfide) groups is 1. The van der Waals surface area contributed by atoms with Crippen LogP contribution in [0, 0.1) is 0 Å². The summed E-state index contributed by atoms with van der Waals surface area (Å²) in [4.78, 5) is 11.3. The van der Waals surface area contributed by atoms with Crippen LogP contribution in [-0.2, 0) is 17.1 Å². The number of methoxy groups -OCH3 is 1. The molecule has 0 spiro atoms. The zero-order chi connectivity index (χ0) is 18.4. The summed E-state index contributed by atoms with van der Waals surface area (Å²) in [6.45, 7) is 1.80. The smallest absolute Gasteiger partial charge is 0.217 e. The van der Waals surface area contributed by atoms with Gasteiger partial charge in [-0.2, -0.15) is 0 Å². The fraction of sp³-hybridized carbons (Fsp3) is 0.211. The van der Waals surface area contributed by atoms with Crippen LogP contribution in [-0.4, -0.2) is 27.8 Å². The first-order valence-corrected chi connectivity index (χ1v) is 9.16. The minimum absolute atomic E-state index is 0.104. The topological polar surface area (TPSA) is 69.0 Å². The van der Waals surface area contributed by atoms with E-state index in [1.165, 1.54) is 12.5 Å². The summed E-state index contributed by atoms with van der Waals surface area (Å²) >= 11 is 1.61. The van der Waals surface area contributed by atoms with Crippen molar-refractivity contribution in [1.82, 2.24) is 20.1 Å². The molecule has 3 rings (SSSR count). The molecule has 2 aromatic carbocycles. The summed E-state index contributed by atoms with van der Waals surface area (Å²) < 4.78 is 7.19. The van der Waals surface area contributed by atoms with Gasteiger partial charge in [0.05, 0.1) is 13.7 Å². The Balaban J connectivity index is 1.88. The van der Waals surface area contributed by atoms with E-state index in [9.17, 15) is 4.79 Å². The first-order valence-electron chi connectivity index (χ1n) is 8.17. The maximum absolute atomic E-state index is 11.3. The molecule has 134 valence electrons. The third-order valence-corrected chi connectivity index (χ3v) is 4.74. The van der Waals surface area contributed by atoms with E-state index in [2.05, 4.69) is 27.6 Å². The Morgan fingerprint density at radius 3 is 2.50 bits per heavy atom. The SMILES string of the molecule is COc1ccc(-n2c(CNC(C)=O)nnc2SCc2ccccc2)cc1. The first kappa shape index (κ1) is 18.0. The van der Waals surface area contributed by atoms with Crippen molar-refractivity contribution in [2.24, 2.45) is 0 Å². The van der Waals surface area contributed by atoms with Crippen molar-refractivity contribution in [3.8, 4) is 11.4 Å². The average molecular weight is 368 g/mol. The number of hydrogen-bond donors (Lipinski definition) is 1. The van der Waals surface area contributed by atoms with Crippen molar-refractivity contribution in [3.05, 3.63) is 66.0 Å². The highest BCUT2D eigenvalue weighted by molar-refractivity contribution is 7.98. The summed E-state index contributed by atoms with van der Waals surface area (Å²) in [5.74, 6) is 2.15. The van der Waals surface area contributed by atoms with Gasteiger partial charge in [0.15, 0.2) is 11.0 Å². The molecule has 3 aromatic rings. The fourth-order valence-electron chi connectivity index (χ4n) is 2.42. The summed E-state index contributed by atoms with van der Waals surface area (Å²) in [7, 11) is 1.64. The van der Waals surface area contributed by atoms with Crippen LogP contribution in [0.3, 0.4) is 0 Å². The molecular formula is C19H20N4O2S. The van der Waals surface area contributed by atoms with Gasteiger partial charge in [0.1, 0.15) is 5.75 Å². The van der Waals surface area contributed by atoms with Crippen molar-refractivity contribution >= 4 is 17.7 Å². The number of hydrogen-bond acceptors (Lipinski definition) is 5. The monoisotopic (exact) mass is 368 g/mol. The Morgan fingerprint density at radius 1 is 1.12 bits per heavy atom. The van der Waals surface area contributed by atoms with Crippen molar-refractivity contribution < 1.29 is 9.53 Å². The largest absolute Gasteiger partial charge is 0.497 e. The Hall–Kier alpha value is -2.80. The molecule has 26 heavy (non-hydrogen) atoms. The van der Waals surface area contributed by atoms with E-state index in [1.54, 1.807) is 18.9 Å². The van der Waals surface area contributed by atoms with E-state index in [0.29, 0.717) is 12.4 Å². The molecule has 1 N–H and O–H groups in total. The average Bonchev–Trinajstić information content (AvgIpc) is 3.08. The zero-order valence-electron chi connectivity index (χ0n) is 14.7. The number of carbonyl (C=O) groups is 1. The number of carbonyl (C=O) groups excluding carboxylic acids is 1. The van der Waals surface area contributed by atoms with Crippen molar-refractivity contribution in [2.45, 2.75) is 24.4 Å². The maximum Gasteiger partial charge on any atom is 0.217 e. The van der Waals surface area contributed by atoms with Gasteiger partial charge in [0.25, 0.3) is 0 Å². The second kappa shape index (κ2) is 8.53. The van der Waals surface area contributed by atoms with Gasteiger partial charge in [0, 0.05) is 18.4 Å². The lowest BCUT2D eigenvalue weighted by atomic mass is 10.2. The molecule has 1 aromatic heterocycles. The maximum atomic E-state index is 11.3. The van der Waals surface area contributed by atoms with Gasteiger partial charge in [-0.05, 0) is 29.8 Å². The summed E-state index contributed by atoms with van der Waals surface area (Å²) in [5, 5.41) is 12.1. The lowest BCUT2D eigenvalue weighted by Gasteiger charge is -2.11. The molecule has 0 radical (unpaired) electrons. The van der Waals surface area contributed by atoms with E-state index < -0.39 is 0 Å². The number of amides is 1. The molecular weight excluding hydrogens is 348 g/mol. The molecule has 0 unspecified atom stereocenters. The Kier molecular flexibility index (Phi) is 5.91. The minimum Gasteiger partial charge on any atom is -0.497 e. The van der Waals surface area contributed by atoms with Crippen LogP contribution in [0.5, 0.6) is 5.75 Å². The second-order valence-electron chi connectivity index (χ2n) is 5.62. The minimum atomic E-state index is -0.104. The molecule has 0 bridgehead atoms. The molecule has 0 fully saturated rings. The molecule has 0 aliphatic heterocycles. The second-order valence-corrected chi connectivity index (χ2v) is 6.56. The van der Waals surface area contributed by atoms with E-state index >= 15 is 0 Å². The fourth-order valence-corrected chi connectivity index (χ4v) is 3.35. The highest BCUT2D eigenvalue weighted by Crippen LogP contribution is 2.26. The van der Waals surface area contributed by atoms with Gasteiger partial charge in [-0.1, -0.05) is 42.1 Å². The number of ether oxygens (including phenoxy) is 1. The van der Waals surface area contributed by atoms with Crippen molar-refractivity contribution in [3.63, 3.8) is 0 Å². The van der Waals surface area contributed by atoms with E-state index in [0.717, 1.165) is 22.3 Å². The Bertz CT molecular complexity index is 863. The quantitative estimate of drug-likeness (QED) is 0.649. The van der Waals surface area contributed by atoms with Gasteiger partial charge >= 0.3 is 0 Å². The number of nitrogens with one attached hydrogen (secondary N) is 1. The summed E-state index contributed by atoms with van der Waals surface area (Å²) in [6, 6.07) is 17.9. The van der Waals surface area contributed by atoms with Crippen LogP contribution in [0.15, 0.2) is 59.8 Å². The van der Waals surface area contributed by atoms with Gasteiger partial charge in [-0.25, -0.2) is 0 Å². The van der Waals surface area contributed by atoms with Crippen LogP contribution in [0.4, 0.5) is 0 Å². The Labute approximate surface area is 156 Å². The lowest BCUT2D eigenvalue weighted by molar-refractivity contribution is -0.119. The molecule has 0 aliphatic rings. The van der Waals surface area contributed by atoms with Gasteiger partial charge < -0.3 is 10.1 Å². The van der Waals surface area contributed by atoms with E-state index in [1.807, 2.05) is 47.0 Å². The predicted octanol–water partition coefficient (Wildman–Crippen LogP) is 3.20. The summed E-state index contributed by atoms with van der Waals surface area (Å²) in [6.07, 6.45) is 0. The zero-order valence-corrected chi connectivity index (χ0v) is 15.5. The van der Waals surface area contributed by atoms with E-state index in [4.69, 9.17) is 4.74 Å². The van der Waals surface area contributed by atoms with Crippen LogP contribution in [0.1, 0.15) is 18.3 Å². The molecule has 1 heterocycles. The molecule has 0 aliphatic carbocycles. The van der Waals surface area contributed by atoms with Gasteiger partial charge in [-0.15, -0.1) is 10.2 Å². The molecule has 6 nitrogen and oxygen atoms in total. The molecule has 0 saturated heterocycles. The molecule has 7 heteroatoms. The number of benzene rings is 2. The van der Waals surface area contributed by atoms with Crippen LogP contribution in [0.2, 0.25) is 0 Å². The summed E-state index contributed by atoms with van der Waals surface area (Å²) in [5.41, 5.74) is 2.14. The van der Waals surface area contributed by atoms with Gasteiger partial charge in [-0.3, -0.25) is 9.36 Å². The first-order chi connectivity index (χ1) is 12.7. The van der Waals surface area contributed by atoms with Crippen LogP contribution in [0.25, 0.3) is 5.69 Å². The number of nitrogens with zero attached hydrogens (tertiary/aromatic N) is 3. The van der Waals surface area contributed by atoms with Crippen LogP contribution < -0.4 is 10.1 Å². The standard InChI is InChI=1S/C19H20N4O2S/c1-14(24)20-12-18-21-22-19(26-13-15-6-4-3-5-7-15)23(18)16-8-10-17(25-2)11-9-16/h3-11H,12-13H2,1-2H3,(H,20,24). The third kappa shape index (κ3) is 4.43. The molecule has 0 atom stereocenters.